The normalized spacial score (nSPS) is 13.0. The Labute approximate surface area is 151 Å². The molecule has 0 saturated heterocycles. The number of anilines is 1. The van der Waals surface area contributed by atoms with Crippen LogP contribution in [-0.4, -0.2) is 30.4 Å². The summed E-state index contributed by atoms with van der Waals surface area (Å²) < 4.78 is 5.07. The lowest BCUT2D eigenvalue weighted by Gasteiger charge is -2.11. The first-order valence-corrected chi connectivity index (χ1v) is 8.47. The van der Waals surface area contributed by atoms with E-state index in [1.165, 1.54) is 0 Å². The maximum Gasteiger partial charge on any atom is 0.338 e. The summed E-state index contributed by atoms with van der Waals surface area (Å²) >= 11 is 0. The van der Waals surface area contributed by atoms with Crippen LogP contribution in [0, 0.1) is 6.92 Å². The lowest BCUT2D eigenvalue weighted by Crippen LogP contribution is -2.28. The van der Waals surface area contributed by atoms with Gasteiger partial charge in [0.15, 0.2) is 6.61 Å². The summed E-state index contributed by atoms with van der Waals surface area (Å²) in [4.78, 5) is 36.4. The highest BCUT2D eigenvalue weighted by Gasteiger charge is 2.25. The van der Waals surface area contributed by atoms with Crippen molar-refractivity contribution < 1.29 is 19.1 Å². The summed E-state index contributed by atoms with van der Waals surface area (Å²) in [5, 5.41) is 5.52. The molecule has 2 aromatic carbocycles. The quantitative estimate of drug-likeness (QED) is 0.783. The first-order chi connectivity index (χ1) is 12.5. The number of carbonyl (C=O) groups is 3. The predicted molar refractivity (Wildman–Crippen MR) is 97.0 cm³/mol. The van der Waals surface area contributed by atoms with E-state index in [1.807, 2.05) is 6.07 Å². The molecule has 0 bridgehead atoms. The number of aryl methyl sites for hydroxylation is 1. The molecule has 6 heteroatoms. The number of benzene rings is 2. The second-order valence-electron chi connectivity index (χ2n) is 6.23. The van der Waals surface area contributed by atoms with Crippen LogP contribution in [0.15, 0.2) is 48.5 Å². The Bertz CT molecular complexity index is 843. The molecule has 2 aromatic rings. The van der Waals surface area contributed by atoms with E-state index in [0.717, 1.165) is 18.4 Å². The Morgan fingerprint density at radius 1 is 1.00 bits per heavy atom. The molecular formula is C20H20N2O4. The van der Waals surface area contributed by atoms with Crippen LogP contribution in [-0.2, 0) is 9.53 Å². The topological polar surface area (TPSA) is 84.5 Å². The summed E-state index contributed by atoms with van der Waals surface area (Å²) in [6.07, 6.45) is 1.96. The molecular weight excluding hydrogens is 332 g/mol. The van der Waals surface area contributed by atoms with E-state index in [2.05, 4.69) is 10.6 Å². The third kappa shape index (κ3) is 4.47. The van der Waals surface area contributed by atoms with E-state index < -0.39 is 18.5 Å². The highest BCUT2D eigenvalue weighted by molar-refractivity contribution is 6.04. The number of ether oxygens (including phenoxy) is 1. The van der Waals surface area contributed by atoms with Crippen molar-refractivity contribution in [1.29, 1.82) is 0 Å². The highest BCUT2D eigenvalue weighted by atomic mass is 16.5. The van der Waals surface area contributed by atoms with Crippen LogP contribution in [0.4, 0.5) is 5.69 Å². The third-order valence-corrected chi connectivity index (χ3v) is 4.06. The van der Waals surface area contributed by atoms with Gasteiger partial charge < -0.3 is 15.4 Å². The molecule has 0 heterocycles. The van der Waals surface area contributed by atoms with Gasteiger partial charge in [0, 0.05) is 6.04 Å². The number of para-hydroxylation sites is 1. The number of rotatable bonds is 6. The van der Waals surface area contributed by atoms with Crippen molar-refractivity contribution in [3.05, 3.63) is 65.2 Å². The summed E-state index contributed by atoms with van der Waals surface area (Å²) in [6.45, 7) is 1.37. The molecule has 26 heavy (non-hydrogen) atoms. The molecule has 3 rings (SSSR count). The summed E-state index contributed by atoms with van der Waals surface area (Å²) in [5.41, 5.74) is 1.98. The molecule has 2 N–H and O–H groups in total. The van der Waals surface area contributed by atoms with Crippen molar-refractivity contribution in [3.63, 3.8) is 0 Å². The summed E-state index contributed by atoms with van der Waals surface area (Å²) in [5.74, 6) is -1.28. The zero-order valence-electron chi connectivity index (χ0n) is 14.5. The average molecular weight is 352 g/mol. The van der Waals surface area contributed by atoms with Crippen LogP contribution >= 0.6 is 0 Å². The summed E-state index contributed by atoms with van der Waals surface area (Å²) in [7, 11) is 0. The van der Waals surface area contributed by atoms with Gasteiger partial charge in [0.2, 0.25) is 0 Å². The SMILES string of the molecule is Cc1ccccc1C(=O)OCC(=O)Nc1ccccc1C(=O)NC1CC1. The molecule has 134 valence electrons. The standard InChI is InChI=1S/C20H20N2O4/c1-13-6-2-3-7-15(13)20(25)26-12-18(23)22-17-9-5-4-8-16(17)19(24)21-14-10-11-14/h2-9,14H,10-12H2,1H3,(H,21,24)(H,22,23). The maximum absolute atomic E-state index is 12.2. The molecule has 6 nitrogen and oxygen atoms in total. The van der Waals surface area contributed by atoms with E-state index in [0.29, 0.717) is 16.8 Å². The second-order valence-corrected chi connectivity index (χ2v) is 6.23. The Morgan fingerprint density at radius 2 is 1.65 bits per heavy atom. The molecule has 0 unspecified atom stereocenters. The van der Waals surface area contributed by atoms with Gasteiger partial charge in [-0.05, 0) is 43.5 Å². The van der Waals surface area contributed by atoms with Gasteiger partial charge in [-0.2, -0.15) is 0 Å². The van der Waals surface area contributed by atoms with Crippen LogP contribution in [0.1, 0.15) is 39.1 Å². The zero-order chi connectivity index (χ0) is 18.5. The van der Waals surface area contributed by atoms with Crippen molar-refractivity contribution >= 4 is 23.5 Å². The molecule has 1 fully saturated rings. The van der Waals surface area contributed by atoms with Gasteiger partial charge in [0.1, 0.15) is 0 Å². The minimum absolute atomic E-state index is 0.222. The Hall–Kier alpha value is -3.15. The molecule has 0 aliphatic heterocycles. The van der Waals surface area contributed by atoms with E-state index in [4.69, 9.17) is 4.74 Å². The average Bonchev–Trinajstić information content (AvgIpc) is 3.44. The maximum atomic E-state index is 12.2. The molecule has 2 amide bonds. The minimum Gasteiger partial charge on any atom is -0.452 e. The monoisotopic (exact) mass is 352 g/mol. The number of amides is 2. The fraction of sp³-hybridized carbons (Fsp3) is 0.250. The fourth-order valence-corrected chi connectivity index (χ4v) is 2.48. The van der Waals surface area contributed by atoms with Crippen LogP contribution in [0.5, 0.6) is 0 Å². The number of esters is 1. The van der Waals surface area contributed by atoms with Crippen LogP contribution in [0.3, 0.4) is 0 Å². The molecule has 1 aliphatic rings. The van der Waals surface area contributed by atoms with Gasteiger partial charge in [-0.15, -0.1) is 0 Å². The molecule has 1 saturated carbocycles. The lowest BCUT2D eigenvalue weighted by molar-refractivity contribution is -0.119. The smallest absolute Gasteiger partial charge is 0.338 e. The predicted octanol–water partition coefficient (Wildman–Crippen LogP) is 2.68. The Balaban J connectivity index is 1.59. The van der Waals surface area contributed by atoms with Gasteiger partial charge in [-0.3, -0.25) is 9.59 Å². The van der Waals surface area contributed by atoms with Crippen molar-refractivity contribution in [2.75, 3.05) is 11.9 Å². The van der Waals surface area contributed by atoms with E-state index >= 15 is 0 Å². The lowest BCUT2D eigenvalue weighted by atomic mass is 10.1. The van der Waals surface area contributed by atoms with Crippen molar-refractivity contribution in [1.82, 2.24) is 5.32 Å². The highest BCUT2D eigenvalue weighted by Crippen LogP contribution is 2.21. The number of carbonyl (C=O) groups excluding carboxylic acids is 3. The largest absolute Gasteiger partial charge is 0.452 e. The molecule has 0 atom stereocenters. The molecule has 0 spiro atoms. The van der Waals surface area contributed by atoms with Crippen LogP contribution in [0.2, 0.25) is 0 Å². The van der Waals surface area contributed by atoms with Crippen molar-refractivity contribution in [2.24, 2.45) is 0 Å². The van der Waals surface area contributed by atoms with Gasteiger partial charge in [-0.25, -0.2) is 4.79 Å². The first kappa shape index (κ1) is 17.7. The first-order valence-electron chi connectivity index (χ1n) is 8.47. The van der Waals surface area contributed by atoms with Gasteiger partial charge in [-0.1, -0.05) is 30.3 Å². The van der Waals surface area contributed by atoms with E-state index in [9.17, 15) is 14.4 Å². The van der Waals surface area contributed by atoms with E-state index in [1.54, 1.807) is 49.4 Å². The van der Waals surface area contributed by atoms with Crippen LogP contribution < -0.4 is 10.6 Å². The third-order valence-electron chi connectivity index (χ3n) is 4.06. The number of nitrogens with one attached hydrogen (secondary N) is 2. The zero-order valence-corrected chi connectivity index (χ0v) is 14.5. The van der Waals surface area contributed by atoms with Crippen molar-refractivity contribution in [2.45, 2.75) is 25.8 Å². The van der Waals surface area contributed by atoms with Gasteiger partial charge in [0.05, 0.1) is 16.8 Å². The summed E-state index contributed by atoms with van der Waals surface area (Å²) in [6, 6.07) is 14.0. The Kier molecular flexibility index (Phi) is 5.31. The van der Waals surface area contributed by atoms with E-state index in [-0.39, 0.29) is 11.9 Å². The molecule has 0 aromatic heterocycles. The fourth-order valence-electron chi connectivity index (χ4n) is 2.48. The van der Waals surface area contributed by atoms with Gasteiger partial charge in [0.25, 0.3) is 11.8 Å². The second kappa shape index (κ2) is 7.82. The number of hydrogen-bond acceptors (Lipinski definition) is 4. The van der Waals surface area contributed by atoms with Crippen LogP contribution in [0.25, 0.3) is 0 Å². The minimum atomic E-state index is -0.557. The van der Waals surface area contributed by atoms with Gasteiger partial charge >= 0.3 is 5.97 Å². The molecule has 1 aliphatic carbocycles. The number of hydrogen-bond donors (Lipinski definition) is 2. The Morgan fingerprint density at radius 3 is 2.35 bits per heavy atom. The molecule has 0 radical (unpaired) electrons. The van der Waals surface area contributed by atoms with Crippen molar-refractivity contribution in [3.8, 4) is 0 Å².